The molecule has 5 nitrogen and oxygen atoms in total. The van der Waals surface area contributed by atoms with Crippen molar-refractivity contribution in [2.45, 2.75) is 0 Å². The second-order valence-electron chi connectivity index (χ2n) is 1.96. The molecule has 1 atom stereocenters. The molecule has 6 heteroatoms. The summed E-state index contributed by atoms with van der Waals surface area (Å²) in [6.45, 7) is 2.82. The molecule has 68 valence electrons. The van der Waals surface area contributed by atoms with Gasteiger partial charge in [-0.1, -0.05) is 0 Å². The van der Waals surface area contributed by atoms with E-state index in [1.54, 1.807) is 0 Å². The molecular weight excluding hydrogens is 165 g/mol. The van der Waals surface area contributed by atoms with Gasteiger partial charge in [-0.2, -0.15) is 0 Å². The Kier molecular flexibility index (Phi) is 8.22. The maximum Gasteiger partial charge on any atom is 0.257 e. The number of hydrogen-bond acceptors (Lipinski definition) is 4. The fourth-order valence-electron chi connectivity index (χ4n) is 0.552. The molecule has 0 bridgehead atoms. The van der Waals surface area contributed by atoms with Gasteiger partial charge in [-0.15, -0.1) is 0 Å². The summed E-state index contributed by atoms with van der Waals surface area (Å²) in [4.78, 5) is 0. The lowest BCUT2D eigenvalue weighted by molar-refractivity contribution is 0.404. The molecular formula is C5H16N3O2P. The van der Waals surface area contributed by atoms with Crippen LogP contribution in [0.15, 0.2) is 0 Å². The molecule has 0 aromatic carbocycles. The second-order valence-corrected chi connectivity index (χ2v) is 3.29. The number of nitrogens with one attached hydrogen (secondary N) is 2. The van der Waals surface area contributed by atoms with E-state index in [0.29, 0.717) is 13.1 Å². The SMILES string of the molecule is CO[PH](=O)NCCNCCN. The van der Waals surface area contributed by atoms with Crippen LogP contribution in [-0.2, 0) is 9.09 Å². The van der Waals surface area contributed by atoms with E-state index in [1.165, 1.54) is 7.11 Å². The lowest BCUT2D eigenvalue weighted by Gasteiger charge is -2.03. The van der Waals surface area contributed by atoms with Crippen LogP contribution < -0.4 is 16.1 Å². The normalized spacial score (nSPS) is 13.3. The third kappa shape index (κ3) is 7.97. The topological polar surface area (TPSA) is 76.4 Å². The molecule has 0 aromatic heterocycles. The fraction of sp³-hybridized carbons (Fsp3) is 1.00. The van der Waals surface area contributed by atoms with Crippen LogP contribution in [0.4, 0.5) is 0 Å². The Labute approximate surface area is 67.6 Å². The second kappa shape index (κ2) is 8.17. The molecule has 0 amide bonds. The van der Waals surface area contributed by atoms with Gasteiger partial charge in [-0.25, -0.2) is 5.09 Å². The van der Waals surface area contributed by atoms with Crippen LogP contribution in [0.5, 0.6) is 0 Å². The first-order valence-corrected chi connectivity index (χ1v) is 4.85. The first-order valence-electron chi connectivity index (χ1n) is 3.54. The monoisotopic (exact) mass is 181 g/mol. The number of nitrogens with two attached hydrogens (primary N) is 1. The Morgan fingerprint density at radius 2 is 2.18 bits per heavy atom. The summed E-state index contributed by atoms with van der Waals surface area (Å²) in [6, 6.07) is 0. The van der Waals surface area contributed by atoms with Crippen molar-refractivity contribution in [2.75, 3.05) is 33.3 Å². The van der Waals surface area contributed by atoms with Gasteiger partial charge in [0.05, 0.1) is 0 Å². The third-order valence-corrected chi connectivity index (χ3v) is 1.99. The predicted octanol–water partition coefficient (Wildman–Crippen LogP) is -0.840. The lowest BCUT2D eigenvalue weighted by atomic mass is 10.6. The Morgan fingerprint density at radius 1 is 1.45 bits per heavy atom. The van der Waals surface area contributed by atoms with Crippen LogP contribution in [0.25, 0.3) is 0 Å². The summed E-state index contributed by atoms with van der Waals surface area (Å²) in [6.07, 6.45) is 0. The largest absolute Gasteiger partial charge is 0.329 e. The molecule has 0 fully saturated rings. The van der Waals surface area contributed by atoms with Crippen molar-refractivity contribution < 1.29 is 9.09 Å². The zero-order chi connectivity index (χ0) is 8.53. The van der Waals surface area contributed by atoms with Gasteiger partial charge in [0, 0.05) is 33.3 Å². The Bertz CT molecular complexity index is 112. The van der Waals surface area contributed by atoms with Gasteiger partial charge in [0.25, 0.3) is 8.18 Å². The smallest absolute Gasteiger partial charge is 0.257 e. The summed E-state index contributed by atoms with van der Waals surface area (Å²) in [5.41, 5.74) is 5.23. The zero-order valence-electron chi connectivity index (χ0n) is 6.72. The van der Waals surface area contributed by atoms with Gasteiger partial charge in [-0.05, 0) is 0 Å². The van der Waals surface area contributed by atoms with E-state index in [4.69, 9.17) is 5.73 Å². The fourth-order valence-corrected chi connectivity index (χ4v) is 1.03. The molecule has 0 radical (unpaired) electrons. The molecule has 0 heterocycles. The summed E-state index contributed by atoms with van der Waals surface area (Å²) in [5.74, 6) is 0. The molecule has 11 heavy (non-hydrogen) atoms. The van der Waals surface area contributed by atoms with Gasteiger partial charge < -0.3 is 15.6 Å². The minimum Gasteiger partial charge on any atom is -0.329 e. The number of rotatable bonds is 7. The van der Waals surface area contributed by atoms with Crippen LogP contribution >= 0.6 is 8.18 Å². The third-order valence-electron chi connectivity index (χ3n) is 1.08. The summed E-state index contributed by atoms with van der Waals surface area (Å²) < 4.78 is 15.2. The summed E-state index contributed by atoms with van der Waals surface area (Å²) in [5, 5.41) is 5.76. The van der Waals surface area contributed by atoms with Gasteiger partial charge in [-0.3, -0.25) is 4.57 Å². The Hall–Kier alpha value is 0.0700. The van der Waals surface area contributed by atoms with E-state index < -0.39 is 8.18 Å². The zero-order valence-corrected chi connectivity index (χ0v) is 7.72. The van der Waals surface area contributed by atoms with E-state index in [2.05, 4.69) is 14.9 Å². The summed E-state index contributed by atoms with van der Waals surface area (Å²) in [7, 11) is -0.569. The average molecular weight is 181 g/mol. The van der Waals surface area contributed by atoms with Crippen molar-refractivity contribution in [3.05, 3.63) is 0 Å². The molecule has 4 N–H and O–H groups in total. The van der Waals surface area contributed by atoms with Gasteiger partial charge >= 0.3 is 0 Å². The van der Waals surface area contributed by atoms with Crippen LogP contribution in [0, 0.1) is 0 Å². The highest BCUT2D eigenvalue weighted by molar-refractivity contribution is 7.36. The van der Waals surface area contributed by atoms with Gasteiger partial charge in [0.1, 0.15) is 0 Å². The molecule has 0 rings (SSSR count). The molecule has 0 spiro atoms. The molecule has 0 aliphatic heterocycles. The van der Waals surface area contributed by atoms with E-state index in [9.17, 15) is 4.57 Å². The highest BCUT2D eigenvalue weighted by atomic mass is 31.1. The molecule has 0 aromatic rings. The number of hydrogen-bond donors (Lipinski definition) is 3. The van der Waals surface area contributed by atoms with E-state index in [0.717, 1.165) is 13.1 Å². The predicted molar refractivity (Wildman–Crippen MR) is 45.9 cm³/mol. The summed E-state index contributed by atoms with van der Waals surface area (Å²) >= 11 is 0. The Balaban J connectivity index is 2.95. The molecule has 0 aliphatic carbocycles. The van der Waals surface area contributed by atoms with E-state index >= 15 is 0 Å². The first-order chi connectivity index (χ1) is 5.31. The van der Waals surface area contributed by atoms with E-state index in [-0.39, 0.29) is 0 Å². The minimum atomic E-state index is -1.99. The van der Waals surface area contributed by atoms with E-state index in [1.807, 2.05) is 0 Å². The van der Waals surface area contributed by atoms with Crippen molar-refractivity contribution in [1.29, 1.82) is 0 Å². The van der Waals surface area contributed by atoms with Gasteiger partial charge in [0.2, 0.25) is 0 Å². The quantitative estimate of drug-likeness (QED) is 0.352. The van der Waals surface area contributed by atoms with Crippen molar-refractivity contribution in [3.63, 3.8) is 0 Å². The maximum atomic E-state index is 10.6. The van der Waals surface area contributed by atoms with Crippen molar-refractivity contribution >= 4 is 8.18 Å². The van der Waals surface area contributed by atoms with Crippen molar-refractivity contribution in [1.82, 2.24) is 10.4 Å². The highest BCUT2D eigenvalue weighted by Crippen LogP contribution is 2.11. The van der Waals surface area contributed by atoms with Crippen LogP contribution in [0.3, 0.4) is 0 Å². The van der Waals surface area contributed by atoms with Crippen LogP contribution in [0.1, 0.15) is 0 Å². The first kappa shape index (κ1) is 11.1. The molecule has 1 unspecified atom stereocenters. The maximum absolute atomic E-state index is 10.6. The standard InChI is InChI=1S/C5H16N3O2P/c1-10-11(9)8-5-4-7-3-2-6/h7,11H,2-6H2,1H3,(H,8,9). The molecule has 0 saturated heterocycles. The van der Waals surface area contributed by atoms with Gasteiger partial charge in [0.15, 0.2) is 0 Å². The lowest BCUT2D eigenvalue weighted by Crippen LogP contribution is -2.28. The average Bonchev–Trinajstić information content (AvgIpc) is 2.04. The van der Waals surface area contributed by atoms with Crippen molar-refractivity contribution in [3.8, 4) is 0 Å². The minimum absolute atomic E-state index is 0.624. The Morgan fingerprint density at radius 3 is 2.73 bits per heavy atom. The molecule has 0 saturated carbocycles. The van der Waals surface area contributed by atoms with Crippen LogP contribution in [0.2, 0.25) is 0 Å². The van der Waals surface area contributed by atoms with Crippen molar-refractivity contribution in [2.24, 2.45) is 5.73 Å². The highest BCUT2D eigenvalue weighted by Gasteiger charge is 1.91. The molecule has 0 aliphatic rings. The van der Waals surface area contributed by atoms with Crippen LogP contribution in [-0.4, -0.2) is 33.3 Å².